The number of nitrogens with two attached hydrogens (primary N) is 1. The van der Waals surface area contributed by atoms with E-state index >= 15 is 0 Å². The lowest BCUT2D eigenvalue weighted by atomic mass is 10.0. The molecule has 21 heavy (non-hydrogen) atoms. The highest BCUT2D eigenvalue weighted by Crippen LogP contribution is 2.27. The molecule has 0 fully saturated rings. The van der Waals surface area contributed by atoms with Gasteiger partial charge in [-0.3, -0.25) is 20.2 Å². The molecule has 8 nitrogen and oxygen atoms in total. The first-order valence-corrected chi connectivity index (χ1v) is 5.81. The van der Waals surface area contributed by atoms with Gasteiger partial charge in [-0.1, -0.05) is 30.3 Å². The number of hydrazone groups is 1. The average Bonchev–Trinajstić information content (AvgIpc) is 2.49. The molecule has 0 heterocycles. The van der Waals surface area contributed by atoms with Gasteiger partial charge < -0.3 is 5.84 Å². The second kappa shape index (κ2) is 5.78. The van der Waals surface area contributed by atoms with E-state index in [2.05, 4.69) is 5.10 Å². The molecule has 0 bridgehead atoms. The Hall–Kier alpha value is -3.29. The average molecular weight is 286 g/mol. The van der Waals surface area contributed by atoms with Gasteiger partial charge in [0, 0.05) is 11.6 Å². The zero-order chi connectivity index (χ0) is 15.4. The molecule has 0 aliphatic heterocycles. The van der Waals surface area contributed by atoms with Crippen molar-refractivity contribution in [1.29, 1.82) is 0 Å². The second-order valence-electron chi connectivity index (χ2n) is 4.06. The minimum absolute atomic E-state index is 0.124. The Bertz CT molecular complexity index is 728. The zero-order valence-electron chi connectivity index (χ0n) is 10.7. The van der Waals surface area contributed by atoms with Crippen molar-refractivity contribution in [3.05, 3.63) is 79.9 Å². The van der Waals surface area contributed by atoms with Gasteiger partial charge in [-0.25, -0.2) is 0 Å². The predicted octanol–water partition coefficient (Wildman–Crippen LogP) is 2.21. The Labute approximate surface area is 118 Å². The van der Waals surface area contributed by atoms with Crippen LogP contribution in [0.15, 0.2) is 53.6 Å². The normalized spacial score (nSPS) is 11.1. The summed E-state index contributed by atoms with van der Waals surface area (Å²) >= 11 is 0. The van der Waals surface area contributed by atoms with Gasteiger partial charge in [-0.15, -0.1) is 0 Å². The van der Waals surface area contributed by atoms with E-state index in [4.69, 9.17) is 5.84 Å². The quantitative estimate of drug-likeness (QED) is 0.399. The topological polar surface area (TPSA) is 125 Å². The minimum atomic E-state index is -0.698. The number of nitro groups is 2. The summed E-state index contributed by atoms with van der Waals surface area (Å²) in [6.07, 6.45) is 0. The van der Waals surface area contributed by atoms with E-state index in [1.165, 1.54) is 12.1 Å². The standard InChI is InChI=1S/C13H10N4O4/c14-15-13(9-4-2-1-3-5-9)11-7-6-10(16(18)19)8-12(11)17(20)21/h1-8H,14H2. The SMILES string of the molecule is NN=C(c1ccccc1)c1ccc([N+](=O)[O-])cc1[N+](=O)[O-]. The number of rotatable bonds is 4. The van der Waals surface area contributed by atoms with Gasteiger partial charge in [-0.2, -0.15) is 5.10 Å². The molecule has 0 aliphatic carbocycles. The van der Waals surface area contributed by atoms with Crippen molar-refractivity contribution in [1.82, 2.24) is 0 Å². The van der Waals surface area contributed by atoms with Crippen molar-refractivity contribution >= 4 is 17.1 Å². The largest absolute Gasteiger partial charge is 0.323 e. The summed E-state index contributed by atoms with van der Waals surface area (Å²) in [7, 11) is 0. The molecule has 0 unspecified atom stereocenters. The van der Waals surface area contributed by atoms with Gasteiger partial charge in [-0.05, 0) is 6.07 Å². The predicted molar refractivity (Wildman–Crippen MR) is 76.0 cm³/mol. The molecule has 0 spiro atoms. The summed E-state index contributed by atoms with van der Waals surface area (Å²) in [5.74, 6) is 5.34. The van der Waals surface area contributed by atoms with E-state index in [1.54, 1.807) is 30.3 Å². The fraction of sp³-hybridized carbons (Fsp3) is 0. The Morgan fingerprint density at radius 3 is 2.19 bits per heavy atom. The molecule has 0 radical (unpaired) electrons. The smallest absolute Gasteiger partial charge is 0.285 e. The minimum Gasteiger partial charge on any atom is -0.323 e. The maximum Gasteiger partial charge on any atom is 0.285 e. The molecule has 0 atom stereocenters. The fourth-order valence-corrected chi connectivity index (χ4v) is 1.88. The molecule has 0 aliphatic rings. The molecule has 0 aromatic heterocycles. The van der Waals surface area contributed by atoms with Crippen molar-refractivity contribution in [2.75, 3.05) is 0 Å². The van der Waals surface area contributed by atoms with Gasteiger partial charge in [0.2, 0.25) is 0 Å². The first-order valence-electron chi connectivity index (χ1n) is 5.81. The van der Waals surface area contributed by atoms with E-state index < -0.39 is 15.5 Å². The first kappa shape index (κ1) is 14.1. The molecule has 2 N–H and O–H groups in total. The Morgan fingerprint density at radius 2 is 1.67 bits per heavy atom. The molecule has 0 amide bonds. The van der Waals surface area contributed by atoms with Gasteiger partial charge in [0.25, 0.3) is 11.4 Å². The lowest BCUT2D eigenvalue weighted by molar-refractivity contribution is -0.394. The number of benzene rings is 2. The van der Waals surface area contributed by atoms with Crippen LogP contribution >= 0.6 is 0 Å². The number of nitrogens with zero attached hydrogens (tertiary/aromatic N) is 3. The van der Waals surface area contributed by atoms with E-state index in [9.17, 15) is 20.2 Å². The lowest BCUT2D eigenvalue weighted by Gasteiger charge is -2.06. The van der Waals surface area contributed by atoms with Gasteiger partial charge in [0.15, 0.2) is 0 Å². The van der Waals surface area contributed by atoms with Crippen LogP contribution in [0, 0.1) is 20.2 Å². The molecular weight excluding hydrogens is 276 g/mol. The van der Waals surface area contributed by atoms with Gasteiger partial charge in [0.1, 0.15) is 5.71 Å². The summed E-state index contributed by atoms with van der Waals surface area (Å²) in [5.41, 5.74) is 0.112. The molecule has 106 valence electrons. The first-order chi connectivity index (χ1) is 10.0. The van der Waals surface area contributed by atoms with E-state index in [0.717, 1.165) is 6.07 Å². The summed E-state index contributed by atoms with van der Waals surface area (Å²) in [4.78, 5) is 20.5. The van der Waals surface area contributed by atoms with Crippen LogP contribution in [0.5, 0.6) is 0 Å². The molecule has 2 rings (SSSR count). The third-order valence-electron chi connectivity index (χ3n) is 2.82. The molecule has 0 saturated heterocycles. The lowest BCUT2D eigenvalue weighted by Crippen LogP contribution is -2.09. The third kappa shape index (κ3) is 2.84. The van der Waals surface area contributed by atoms with E-state index in [1.807, 2.05) is 0 Å². The van der Waals surface area contributed by atoms with Crippen LogP contribution in [0.2, 0.25) is 0 Å². The number of non-ortho nitro benzene ring substituents is 1. The van der Waals surface area contributed by atoms with Crippen LogP contribution in [-0.2, 0) is 0 Å². The highest BCUT2D eigenvalue weighted by molar-refractivity contribution is 6.15. The monoisotopic (exact) mass is 286 g/mol. The highest BCUT2D eigenvalue weighted by Gasteiger charge is 2.23. The van der Waals surface area contributed by atoms with Crippen molar-refractivity contribution in [2.24, 2.45) is 10.9 Å². The Kier molecular flexibility index (Phi) is 3.89. The van der Waals surface area contributed by atoms with Crippen LogP contribution in [-0.4, -0.2) is 15.6 Å². The van der Waals surface area contributed by atoms with Gasteiger partial charge >= 0.3 is 0 Å². The van der Waals surface area contributed by atoms with Crippen LogP contribution in [0.4, 0.5) is 11.4 Å². The van der Waals surface area contributed by atoms with Crippen molar-refractivity contribution in [2.45, 2.75) is 0 Å². The third-order valence-corrected chi connectivity index (χ3v) is 2.82. The zero-order valence-corrected chi connectivity index (χ0v) is 10.7. The fourth-order valence-electron chi connectivity index (χ4n) is 1.88. The van der Waals surface area contributed by atoms with Crippen molar-refractivity contribution < 1.29 is 9.85 Å². The van der Waals surface area contributed by atoms with E-state index in [-0.39, 0.29) is 17.0 Å². The van der Waals surface area contributed by atoms with Crippen molar-refractivity contribution in [3.63, 3.8) is 0 Å². The molecule has 2 aromatic rings. The summed E-state index contributed by atoms with van der Waals surface area (Å²) in [6.45, 7) is 0. The molecule has 2 aromatic carbocycles. The van der Waals surface area contributed by atoms with Gasteiger partial charge in [0.05, 0.1) is 21.5 Å². The van der Waals surface area contributed by atoms with Crippen LogP contribution in [0.3, 0.4) is 0 Å². The van der Waals surface area contributed by atoms with Crippen LogP contribution in [0.25, 0.3) is 0 Å². The van der Waals surface area contributed by atoms with Crippen LogP contribution < -0.4 is 5.84 Å². The maximum absolute atomic E-state index is 11.1. The van der Waals surface area contributed by atoms with E-state index in [0.29, 0.717) is 5.56 Å². The summed E-state index contributed by atoms with van der Waals surface area (Å²) in [6, 6.07) is 12.0. The molecule has 8 heteroatoms. The number of nitro benzene ring substituents is 2. The maximum atomic E-state index is 11.1. The highest BCUT2D eigenvalue weighted by atomic mass is 16.6. The number of hydrogen-bond acceptors (Lipinski definition) is 6. The summed E-state index contributed by atoms with van der Waals surface area (Å²) < 4.78 is 0. The second-order valence-corrected chi connectivity index (χ2v) is 4.06. The number of hydrogen-bond donors (Lipinski definition) is 1. The molecule has 0 saturated carbocycles. The Morgan fingerprint density at radius 1 is 1.00 bits per heavy atom. The van der Waals surface area contributed by atoms with Crippen LogP contribution in [0.1, 0.15) is 11.1 Å². The summed E-state index contributed by atoms with van der Waals surface area (Å²) in [5, 5.41) is 25.4. The van der Waals surface area contributed by atoms with Crippen molar-refractivity contribution in [3.8, 4) is 0 Å². The Balaban J connectivity index is 2.62. The molecular formula is C13H10N4O4.